The molecule has 0 aromatic carbocycles. The molecule has 1 fully saturated rings. The summed E-state index contributed by atoms with van der Waals surface area (Å²) in [5.41, 5.74) is 0. The summed E-state index contributed by atoms with van der Waals surface area (Å²) >= 11 is 0. The van der Waals surface area contributed by atoms with Gasteiger partial charge in [-0.15, -0.1) is 0 Å². The van der Waals surface area contributed by atoms with Crippen LogP contribution in [0.2, 0.25) is 0 Å². The first-order chi connectivity index (χ1) is 7.79. The van der Waals surface area contributed by atoms with Gasteiger partial charge in [-0.25, -0.2) is 0 Å². The van der Waals surface area contributed by atoms with Crippen LogP contribution < -0.4 is 0 Å². The zero-order chi connectivity index (χ0) is 11.8. The van der Waals surface area contributed by atoms with Gasteiger partial charge in [0.1, 0.15) is 0 Å². The number of amides is 1. The van der Waals surface area contributed by atoms with Crippen molar-refractivity contribution in [1.29, 1.82) is 0 Å². The Kier molecular flexibility index (Phi) is 6.42. The molecule has 1 saturated heterocycles. The van der Waals surface area contributed by atoms with Crippen LogP contribution in [0, 0.1) is 0 Å². The first-order valence-corrected chi connectivity index (χ1v) is 6.27. The highest BCUT2D eigenvalue weighted by Crippen LogP contribution is 2.17. The molecule has 94 valence electrons. The number of hydrogen-bond donors (Lipinski definition) is 1. The minimum absolute atomic E-state index is 0.0347. The second-order valence-corrected chi connectivity index (χ2v) is 4.28. The largest absolute Gasteiger partial charge is 0.394 e. The maximum Gasteiger partial charge on any atom is 0.225 e. The van der Waals surface area contributed by atoms with Gasteiger partial charge in [0.2, 0.25) is 5.91 Å². The summed E-state index contributed by atoms with van der Waals surface area (Å²) < 4.78 is 5.30. The van der Waals surface area contributed by atoms with Crippen LogP contribution in [-0.2, 0) is 9.53 Å². The lowest BCUT2D eigenvalue weighted by atomic mass is 10.0. The lowest BCUT2D eigenvalue weighted by Crippen LogP contribution is -2.45. The molecule has 0 bridgehead atoms. The number of rotatable bonds is 6. The van der Waals surface area contributed by atoms with Gasteiger partial charge in [0.25, 0.3) is 0 Å². The molecule has 0 aromatic heterocycles. The molecule has 0 aliphatic carbocycles. The van der Waals surface area contributed by atoms with E-state index in [4.69, 9.17) is 4.74 Å². The third-order valence-corrected chi connectivity index (χ3v) is 2.97. The van der Waals surface area contributed by atoms with Crippen LogP contribution in [0.15, 0.2) is 0 Å². The lowest BCUT2D eigenvalue weighted by Gasteiger charge is -2.34. The molecule has 1 atom stereocenters. The van der Waals surface area contributed by atoms with E-state index in [1.165, 1.54) is 0 Å². The van der Waals surface area contributed by atoms with Crippen molar-refractivity contribution in [2.24, 2.45) is 0 Å². The van der Waals surface area contributed by atoms with Crippen LogP contribution in [0.3, 0.4) is 0 Å². The second kappa shape index (κ2) is 7.63. The maximum absolute atomic E-state index is 11.9. The van der Waals surface area contributed by atoms with Gasteiger partial charge in [0.15, 0.2) is 0 Å². The molecule has 0 spiro atoms. The Morgan fingerprint density at radius 3 is 2.94 bits per heavy atom. The fourth-order valence-electron chi connectivity index (χ4n) is 2.07. The topological polar surface area (TPSA) is 49.8 Å². The standard InChI is InChI=1S/C12H23NO3/c1-2-8-16-9-6-12(15)13-7-4-3-5-11(13)10-14/h11,14H,2-10H2,1H3. The van der Waals surface area contributed by atoms with E-state index in [2.05, 4.69) is 0 Å². The van der Waals surface area contributed by atoms with Crippen LogP contribution >= 0.6 is 0 Å². The smallest absolute Gasteiger partial charge is 0.225 e. The molecule has 1 aliphatic rings. The lowest BCUT2D eigenvalue weighted by molar-refractivity contribution is -0.137. The Bertz CT molecular complexity index is 208. The highest BCUT2D eigenvalue weighted by molar-refractivity contribution is 5.76. The number of nitrogens with zero attached hydrogens (tertiary/aromatic N) is 1. The molecule has 1 rings (SSSR count). The summed E-state index contributed by atoms with van der Waals surface area (Å²) in [6, 6.07) is 0.0347. The molecule has 0 saturated carbocycles. The molecule has 1 aliphatic heterocycles. The van der Waals surface area contributed by atoms with Crippen LogP contribution in [0.1, 0.15) is 39.0 Å². The van der Waals surface area contributed by atoms with Crippen molar-refractivity contribution in [3.05, 3.63) is 0 Å². The number of carbonyl (C=O) groups excluding carboxylic acids is 1. The van der Waals surface area contributed by atoms with E-state index in [1.54, 1.807) is 0 Å². The molecule has 1 heterocycles. The first kappa shape index (κ1) is 13.5. The first-order valence-electron chi connectivity index (χ1n) is 6.27. The summed E-state index contributed by atoms with van der Waals surface area (Å²) in [6.45, 7) is 4.14. The van der Waals surface area contributed by atoms with Gasteiger partial charge in [-0.2, -0.15) is 0 Å². The second-order valence-electron chi connectivity index (χ2n) is 4.28. The third kappa shape index (κ3) is 4.10. The Labute approximate surface area is 97.6 Å². The zero-order valence-corrected chi connectivity index (χ0v) is 10.2. The molecule has 1 amide bonds. The Balaban J connectivity index is 2.27. The normalized spacial score (nSPS) is 21.1. The van der Waals surface area contributed by atoms with Crippen molar-refractivity contribution in [2.45, 2.75) is 45.1 Å². The average Bonchev–Trinajstić information content (AvgIpc) is 2.34. The number of hydrogen-bond acceptors (Lipinski definition) is 3. The average molecular weight is 229 g/mol. The van der Waals surface area contributed by atoms with Crippen molar-refractivity contribution in [2.75, 3.05) is 26.4 Å². The third-order valence-electron chi connectivity index (χ3n) is 2.97. The number of ether oxygens (including phenoxy) is 1. The van der Waals surface area contributed by atoms with Gasteiger partial charge >= 0.3 is 0 Å². The molecule has 1 unspecified atom stereocenters. The summed E-state index contributed by atoms with van der Waals surface area (Å²) in [5.74, 6) is 0.120. The molecular formula is C12H23NO3. The number of likely N-dealkylation sites (tertiary alicyclic amines) is 1. The van der Waals surface area contributed by atoms with Gasteiger partial charge in [-0.3, -0.25) is 4.79 Å². The number of carbonyl (C=O) groups is 1. The Morgan fingerprint density at radius 2 is 2.25 bits per heavy atom. The fraction of sp³-hybridized carbons (Fsp3) is 0.917. The van der Waals surface area contributed by atoms with E-state index in [0.29, 0.717) is 13.0 Å². The summed E-state index contributed by atoms with van der Waals surface area (Å²) in [4.78, 5) is 13.7. The van der Waals surface area contributed by atoms with Gasteiger partial charge in [0, 0.05) is 13.2 Å². The van der Waals surface area contributed by atoms with Gasteiger partial charge in [-0.05, 0) is 25.7 Å². The molecule has 0 radical (unpaired) electrons. The highest BCUT2D eigenvalue weighted by atomic mass is 16.5. The summed E-state index contributed by atoms with van der Waals surface area (Å²) in [6.07, 6.45) is 4.52. The van der Waals surface area contributed by atoms with Crippen molar-refractivity contribution in [3.63, 3.8) is 0 Å². The Morgan fingerprint density at radius 1 is 1.44 bits per heavy atom. The molecule has 0 aromatic rings. The molecule has 16 heavy (non-hydrogen) atoms. The zero-order valence-electron chi connectivity index (χ0n) is 10.2. The van der Waals surface area contributed by atoms with Crippen molar-refractivity contribution >= 4 is 5.91 Å². The number of piperidine rings is 1. The number of aliphatic hydroxyl groups is 1. The minimum atomic E-state index is 0.0347. The predicted octanol–water partition coefficient (Wildman–Crippen LogP) is 1.18. The minimum Gasteiger partial charge on any atom is -0.394 e. The van der Waals surface area contributed by atoms with Crippen LogP contribution in [0.25, 0.3) is 0 Å². The SMILES string of the molecule is CCCOCCC(=O)N1CCCCC1CO. The van der Waals surface area contributed by atoms with E-state index in [1.807, 2.05) is 11.8 Å². The van der Waals surface area contributed by atoms with Crippen molar-refractivity contribution in [3.8, 4) is 0 Å². The molecule has 4 heteroatoms. The highest BCUT2D eigenvalue weighted by Gasteiger charge is 2.25. The van der Waals surface area contributed by atoms with Gasteiger partial charge in [-0.1, -0.05) is 6.92 Å². The fourth-order valence-corrected chi connectivity index (χ4v) is 2.07. The van der Waals surface area contributed by atoms with Gasteiger partial charge < -0.3 is 14.7 Å². The summed E-state index contributed by atoms with van der Waals surface area (Å²) in [7, 11) is 0. The molecular weight excluding hydrogens is 206 g/mol. The van der Waals surface area contributed by atoms with Crippen molar-refractivity contribution in [1.82, 2.24) is 4.90 Å². The van der Waals surface area contributed by atoms with Gasteiger partial charge in [0.05, 0.1) is 25.7 Å². The molecule has 4 nitrogen and oxygen atoms in total. The molecule has 1 N–H and O–H groups in total. The van der Waals surface area contributed by atoms with Crippen LogP contribution in [-0.4, -0.2) is 48.3 Å². The number of aliphatic hydroxyl groups excluding tert-OH is 1. The predicted molar refractivity (Wildman–Crippen MR) is 62.2 cm³/mol. The van der Waals surface area contributed by atoms with E-state index in [-0.39, 0.29) is 18.6 Å². The van der Waals surface area contributed by atoms with Crippen LogP contribution in [0.5, 0.6) is 0 Å². The Hall–Kier alpha value is -0.610. The van der Waals surface area contributed by atoms with E-state index in [0.717, 1.165) is 38.8 Å². The van der Waals surface area contributed by atoms with Crippen LogP contribution in [0.4, 0.5) is 0 Å². The monoisotopic (exact) mass is 229 g/mol. The quantitative estimate of drug-likeness (QED) is 0.696. The van der Waals surface area contributed by atoms with E-state index < -0.39 is 0 Å². The summed E-state index contributed by atoms with van der Waals surface area (Å²) in [5, 5.41) is 9.19. The van der Waals surface area contributed by atoms with E-state index in [9.17, 15) is 9.90 Å². The van der Waals surface area contributed by atoms with E-state index >= 15 is 0 Å². The van der Waals surface area contributed by atoms with Crippen molar-refractivity contribution < 1.29 is 14.6 Å². The maximum atomic E-state index is 11.9.